The Morgan fingerprint density at radius 3 is 2.23 bits per heavy atom. The summed E-state index contributed by atoms with van der Waals surface area (Å²) in [5.41, 5.74) is -0.446. The van der Waals surface area contributed by atoms with Gasteiger partial charge in [0.25, 0.3) is 0 Å². The molecule has 1 aromatic carbocycles. The van der Waals surface area contributed by atoms with Crippen LogP contribution in [0.15, 0.2) is 29.2 Å². The number of anilines is 1. The first-order chi connectivity index (χ1) is 12.4. The lowest BCUT2D eigenvalue weighted by Gasteiger charge is -2.31. The Balaban J connectivity index is 1.70. The Morgan fingerprint density at radius 2 is 1.69 bits per heavy atom. The number of amides is 1. The number of hydrogen-bond donors (Lipinski definition) is 1. The van der Waals surface area contributed by atoms with E-state index in [1.807, 2.05) is 7.05 Å². The molecule has 0 bridgehead atoms. The lowest BCUT2D eigenvalue weighted by Crippen LogP contribution is -2.46. The molecule has 0 spiro atoms. The van der Waals surface area contributed by atoms with E-state index in [9.17, 15) is 18.5 Å². The van der Waals surface area contributed by atoms with Crippen LogP contribution in [0.25, 0.3) is 0 Å². The van der Waals surface area contributed by atoms with E-state index in [1.165, 1.54) is 16.4 Å². The van der Waals surface area contributed by atoms with Gasteiger partial charge in [-0.25, -0.2) is 8.42 Å². The number of carbonyl (C=O) groups excluding carboxylic acids is 1. The largest absolute Gasteiger partial charge is 0.325 e. The molecule has 1 saturated carbocycles. The molecule has 1 aromatic rings. The Morgan fingerprint density at radius 1 is 1.12 bits per heavy atom. The van der Waals surface area contributed by atoms with Crippen molar-refractivity contribution in [2.75, 3.05) is 38.5 Å². The first-order valence-electron chi connectivity index (χ1n) is 8.89. The van der Waals surface area contributed by atoms with Crippen LogP contribution in [0.1, 0.15) is 25.7 Å². The molecular formula is C18H24N4O3S. The molecule has 8 heteroatoms. The van der Waals surface area contributed by atoms with Gasteiger partial charge in [-0.3, -0.25) is 4.79 Å². The monoisotopic (exact) mass is 376 g/mol. The summed E-state index contributed by atoms with van der Waals surface area (Å²) >= 11 is 0. The van der Waals surface area contributed by atoms with Crippen LogP contribution in [0.4, 0.5) is 5.69 Å². The maximum atomic E-state index is 12.7. The summed E-state index contributed by atoms with van der Waals surface area (Å²) in [7, 11) is -1.55. The molecule has 26 heavy (non-hydrogen) atoms. The van der Waals surface area contributed by atoms with Crippen molar-refractivity contribution in [2.24, 2.45) is 5.41 Å². The van der Waals surface area contributed by atoms with Crippen molar-refractivity contribution in [3.63, 3.8) is 0 Å². The first kappa shape index (κ1) is 18.8. The predicted molar refractivity (Wildman–Crippen MR) is 97.8 cm³/mol. The number of nitrogens with zero attached hydrogens (tertiary/aromatic N) is 3. The van der Waals surface area contributed by atoms with Crippen LogP contribution in [0, 0.1) is 16.7 Å². The lowest BCUT2D eigenvalue weighted by molar-refractivity contribution is -0.122. The van der Waals surface area contributed by atoms with E-state index in [-0.39, 0.29) is 10.8 Å². The van der Waals surface area contributed by atoms with Gasteiger partial charge in [0.15, 0.2) is 0 Å². The minimum atomic E-state index is -3.52. The van der Waals surface area contributed by atoms with E-state index >= 15 is 0 Å². The van der Waals surface area contributed by atoms with Gasteiger partial charge < -0.3 is 10.2 Å². The highest BCUT2D eigenvalue weighted by molar-refractivity contribution is 7.89. The Labute approximate surface area is 154 Å². The van der Waals surface area contributed by atoms with Gasteiger partial charge in [0.1, 0.15) is 5.41 Å². The minimum Gasteiger partial charge on any atom is -0.325 e. The number of nitriles is 1. The Hall–Kier alpha value is -1.95. The van der Waals surface area contributed by atoms with Crippen molar-refractivity contribution < 1.29 is 13.2 Å². The minimum absolute atomic E-state index is 0.218. The molecule has 1 N–H and O–H groups in total. The summed E-state index contributed by atoms with van der Waals surface area (Å²) < 4.78 is 26.9. The van der Waals surface area contributed by atoms with Crippen LogP contribution in [-0.2, 0) is 14.8 Å². The predicted octanol–water partition coefficient (Wildman–Crippen LogP) is 1.65. The number of sulfonamides is 1. The SMILES string of the molecule is CN1CCN(S(=O)(=O)c2ccc(NC(=O)C3(C#N)CCCC3)cc2)CC1. The zero-order chi connectivity index (χ0) is 18.8. The second-order valence-electron chi connectivity index (χ2n) is 7.09. The van der Waals surface area contributed by atoms with Crippen LogP contribution < -0.4 is 5.32 Å². The molecule has 2 fully saturated rings. The Kier molecular flexibility index (Phi) is 5.32. The summed E-state index contributed by atoms with van der Waals surface area (Å²) in [6, 6.07) is 8.35. The number of carbonyl (C=O) groups is 1. The highest BCUT2D eigenvalue weighted by atomic mass is 32.2. The van der Waals surface area contributed by atoms with Crippen LogP contribution in [0.2, 0.25) is 0 Å². The molecule has 2 aliphatic rings. The third-order valence-electron chi connectivity index (χ3n) is 5.32. The van der Waals surface area contributed by atoms with Crippen molar-refractivity contribution in [1.82, 2.24) is 9.21 Å². The van der Waals surface area contributed by atoms with Crippen molar-refractivity contribution in [2.45, 2.75) is 30.6 Å². The Bertz CT molecular complexity index is 800. The highest BCUT2D eigenvalue weighted by Gasteiger charge is 2.41. The number of likely N-dealkylation sites (N-methyl/N-ethyl adjacent to an activating group) is 1. The first-order valence-corrected chi connectivity index (χ1v) is 10.3. The van der Waals surface area contributed by atoms with Crippen LogP contribution in [-0.4, -0.2) is 56.8 Å². The van der Waals surface area contributed by atoms with E-state index in [0.29, 0.717) is 44.7 Å². The maximum Gasteiger partial charge on any atom is 0.244 e. The number of benzene rings is 1. The van der Waals surface area contributed by atoms with Gasteiger partial charge in [0.05, 0.1) is 11.0 Å². The van der Waals surface area contributed by atoms with Crippen molar-refractivity contribution in [3.05, 3.63) is 24.3 Å². The van der Waals surface area contributed by atoms with Gasteiger partial charge in [-0.1, -0.05) is 12.8 Å². The van der Waals surface area contributed by atoms with Gasteiger partial charge in [0.2, 0.25) is 15.9 Å². The molecule has 0 aromatic heterocycles. The van der Waals surface area contributed by atoms with Gasteiger partial charge in [-0.05, 0) is 44.2 Å². The smallest absolute Gasteiger partial charge is 0.244 e. The fourth-order valence-electron chi connectivity index (χ4n) is 3.51. The molecule has 0 unspecified atom stereocenters. The molecule has 1 aliphatic carbocycles. The number of nitrogens with one attached hydrogen (secondary N) is 1. The molecule has 1 saturated heterocycles. The molecule has 3 rings (SSSR count). The molecule has 7 nitrogen and oxygen atoms in total. The topological polar surface area (TPSA) is 93.5 Å². The standard InChI is InChI=1S/C18H24N4O3S/c1-21-10-12-22(13-11-21)26(24,25)16-6-4-15(5-7-16)20-17(23)18(14-19)8-2-3-9-18/h4-7H,2-3,8-13H2,1H3,(H,20,23). The van der Waals surface area contributed by atoms with E-state index in [4.69, 9.17) is 0 Å². The summed E-state index contributed by atoms with van der Waals surface area (Å²) in [6.45, 7) is 2.37. The van der Waals surface area contributed by atoms with E-state index in [1.54, 1.807) is 12.1 Å². The van der Waals surface area contributed by atoms with Crippen LogP contribution in [0.3, 0.4) is 0 Å². The average Bonchev–Trinajstić information content (AvgIpc) is 3.13. The molecule has 1 amide bonds. The summed E-state index contributed by atoms with van der Waals surface area (Å²) in [5, 5.41) is 12.1. The summed E-state index contributed by atoms with van der Waals surface area (Å²) in [4.78, 5) is 14.8. The third kappa shape index (κ3) is 3.61. The molecule has 0 atom stereocenters. The van der Waals surface area contributed by atoms with E-state index in [0.717, 1.165) is 12.8 Å². The fraction of sp³-hybridized carbons (Fsp3) is 0.556. The third-order valence-corrected chi connectivity index (χ3v) is 7.23. The van der Waals surface area contributed by atoms with Crippen LogP contribution in [0.5, 0.6) is 0 Å². The number of hydrogen-bond acceptors (Lipinski definition) is 5. The van der Waals surface area contributed by atoms with Crippen LogP contribution >= 0.6 is 0 Å². The summed E-state index contributed by atoms with van der Waals surface area (Å²) in [5.74, 6) is -0.299. The molecule has 0 radical (unpaired) electrons. The van der Waals surface area contributed by atoms with Gasteiger partial charge in [-0.2, -0.15) is 9.57 Å². The number of rotatable bonds is 4. The van der Waals surface area contributed by atoms with E-state index < -0.39 is 15.4 Å². The van der Waals surface area contributed by atoms with Crippen molar-refractivity contribution in [3.8, 4) is 6.07 Å². The second-order valence-corrected chi connectivity index (χ2v) is 9.02. The molecule has 1 heterocycles. The van der Waals surface area contributed by atoms with E-state index in [2.05, 4.69) is 16.3 Å². The van der Waals surface area contributed by atoms with Gasteiger partial charge in [0, 0.05) is 31.9 Å². The zero-order valence-corrected chi connectivity index (χ0v) is 15.8. The molecular weight excluding hydrogens is 352 g/mol. The van der Waals surface area contributed by atoms with Gasteiger partial charge >= 0.3 is 0 Å². The average molecular weight is 376 g/mol. The second kappa shape index (κ2) is 7.35. The van der Waals surface area contributed by atoms with Crippen molar-refractivity contribution in [1.29, 1.82) is 5.26 Å². The van der Waals surface area contributed by atoms with Crippen molar-refractivity contribution >= 4 is 21.6 Å². The quantitative estimate of drug-likeness (QED) is 0.862. The highest BCUT2D eigenvalue weighted by Crippen LogP contribution is 2.38. The zero-order valence-electron chi connectivity index (χ0n) is 14.9. The van der Waals surface area contributed by atoms with Gasteiger partial charge in [-0.15, -0.1) is 0 Å². The molecule has 1 aliphatic heterocycles. The maximum absolute atomic E-state index is 12.7. The lowest BCUT2D eigenvalue weighted by atomic mass is 9.87. The summed E-state index contributed by atoms with van der Waals surface area (Å²) in [6.07, 6.45) is 2.91. The fourth-order valence-corrected chi connectivity index (χ4v) is 4.93. The number of piperazine rings is 1. The normalized spacial score (nSPS) is 21.2. The molecule has 140 valence electrons.